The first-order chi connectivity index (χ1) is 9.56. The minimum Gasteiger partial charge on any atom is -0.493 e. The Labute approximate surface area is 119 Å². The van der Waals surface area contributed by atoms with Gasteiger partial charge in [0.15, 0.2) is 0 Å². The molecule has 3 N–H and O–H groups in total. The second-order valence-electron chi connectivity index (χ2n) is 4.92. The summed E-state index contributed by atoms with van der Waals surface area (Å²) in [6, 6.07) is 10.1. The maximum Gasteiger partial charge on any atom is 0.223 e. The van der Waals surface area contributed by atoms with E-state index in [4.69, 9.17) is 5.73 Å². The first-order valence-corrected chi connectivity index (χ1v) is 6.65. The Morgan fingerprint density at radius 1 is 1.10 bits per heavy atom. The number of rotatable bonds is 5. The molecule has 0 saturated heterocycles. The van der Waals surface area contributed by atoms with Gasteiger partial charge >= 0.3 is 0 Å². The molecule has 2 aromatic rings. The summed E-state index contributed by atoms with van der Waals surface area (Å²) in [5.74, 6) is 0.00824. The maximum absolute atomic E-state index is 9.40. The van der Waals surface area contributed by atoms with E-state index in [2.05, 4.69) is 46.1 Å². The van der Waals surface area contributed by atoms with Crippen LogP contribution in [0.3, 0.4) is 0 Å². The number of nitrogen functional groups attached to an aromatic ring is 1. The predicted molar refractivity (Wildman–Crippen MR) is 79.1 cm³/mol. The Hall–Kier alpha value is -2.14. The summed E-state index contributed by atoms with van der Waals surface area (Å²) in [6.07, 6.45) is 1.05. The van der Waals surface area contributed by atoms with E-state index in [1.165, 1.54) is 17.2 Å². The number of nitrogens with zero attached hydrogens (tertiary/aromatic N) is 3. The van der Waals surface area contributed by atoms with Gasteiger partial charge in [0.2, 0.25) is 11.8 Å². The van der Waals surface area contributed by atoms with E-state index in [0.29, 0.717) is 12.2 Å². The molecule has 5 nitrogen and oxygen atoms in total. The van der Waals surface area contributed by atoms with Crippen LogP contribution < -0.4 is 5.73 Å². The molecule has 5 heteroatoms. The molecule has 1 heterocycles. The number of aromatic hydroxyl groups is 1. The van der Waals surface area contributed by atoms with Crippen LogP contribution in [0.15, 0.2) is 30.3 Å². The minimum atomic E-state index is -0.0896. The minimum absolute atomic E-state index is 0.0896. The molecule has 20 heavy (non-hydrogen) atoms. The van der Waals surface area contributed by atoms with E-state index in [1.807, 2.05) is 7.05 Å². The zero-order valence-electron chi connectivity index (χ0n) is 11.9. The zero-order chi connectivity index (χ0) is 14.5. The van der Waals surface area contributed by atoms with Crippen LogP contribution in [-0.4, -0.2) is 27.0 Å². The quantitative estimate of drug-likeness (QED) is 0.870. The van der Waals surface area contributed by atoms with Crippen molar-refractivity contribution in [1.82, 2.24) is 14.9 Å². The smallest absolute Gasteiger partial charge is 0.223 e. The molecule has 2 rings (SSSR count). The van der Waals surface area contributed by atoms with E-state index in [-0.39, 0.29) is 11.8 Å². The molecule has 0 fully saturated rings. The molecule has 0 spiro atoms. The number of aromatic nitrogens is 2. The lowest BCUT2D eigenvalue weighted by atomic mass is 10.1. The van der Waals surface area contributed by atoms with Gasteiger partial charge in [-0.05, 0) is 24.6 Å². The lowest BCUT2D eigenvalue weighted by Crippen LogP contribution is -2.18. The van der Waals surface area contributed by atoms with Gasteiger partial charge in [-0.15, -0.1) is 0 Å². The van der Waals surface area contributed by atoms with Gasteiger partial charge in [0.05, 0.1) is 5.69 Å². The molecule has 106 valence electrons. The van der Waals surface area contributed by atoms with Gasteiger partial charge < -0.3 is 10.8 Å². The van der Waals surface area contributed by atoms with Crippen molar-refractivity contribution in [2.24, 2.45) is 0 Å². The molecule has 0 amide bonds. The third-order valence-electron chi connectivity index (χ3n) is 3.10. The molecule has 0 aliphatic carbocycles. The average molecular weight is 272 g/mol. The lowest BCUT2D eigenvalue weighted by Gasteiger charge is -2.16. The SMILES string of the molecule is CCc1ccc(CN(C)Cc2cc(O)nc(N)n2)cc1. The predicted octanol–water partition coefficient (Wildman–Crippen LogP) is 1.96. The molecule has 0 radical (unpaired) electrons. The van der Waals surface area contributed by atoms with E-state index < -0.39 is 0 Å². The normalized spacial score (nSPS) is 10.9. The molecular formula is C15H20N4O. The molecule has 1 aromatic carbocycles. The van der Waals surface area contributed by atoms with E-state index in [9.17, 15) is 5.11 Å². The summed E-state index contributed by atoms with van der Waals surface area (Å²) in [5, 5.41) is 9.40. The lowest BCUT2D eigenvalue weighted by molar-refractivity contribution is 0.314. The summed E-state index contributed by atoms with van der Waals surface area (Å²) < 4.78 is 0. The van der Waals surface area contributed by atoms with E-state index in [1.54, 1.807) is 0 Å². The van der Waals surface area contributed by atoms with Gasteiger partial charge in [0, 0.05) is 19.2 Å². The molecule has 0 saturated carbocycles. The first-order valence-electron chi connectivity index (χ1n) is 6.65. The van der Waals surface area contributed by atoms with Crippen molar-refractivity contribution in [2.45, 2.75) is 26.4 Å². The Kier molecular flexibility index (Phi) is 4.53. The third-order valence-corrected chi connectivity index (χ3v) is 3.10. The Morgan fingerprint density at radius 2 is 1.75 bits per heavy atom. The van der Waals surface area contributed by atoms with Crippen LogP contribution in [0.4, 0.5) is 5.95 Å². The van der Waals surface area contributed by atoms with Crippen LogP contribution in [0.2, 0.25) is 0 Å². The van der Waals surface area contributed by atoms with Gasteiger partial charge in [-0.1, -0.05) is 31.2 Å². The van der Waals surface area contributed by atoms with Crippen LogP contribution in [0.5, 0.6) is 5.88 Å². The maximum atomic E-state index is 9.40. The Bertz CT molecular complexity index is 548. The van der Waals surface area contributed by atoms with E-state index >= 15 is 0 Å². The Morgan fingerprint density at radius 3 is 2.35 bits per heavy atom. The third kappa shape index (κ3) is 3.93. The molecule has 0 unspecified atom stereocenters. The van der Waals surface area contributed by atoms with Gasteiger partial charge in [-0.3, -0.25) is 4.90 Å². The highest BCUT2D eigenvalue weighted by Crippen LogP contribution is 2.12. The summed E-state index contributed by atoms with van der Waals surface area (Å²) in [6.45, 7) is 3.57. The summed E-state index contributed by atoms with van der Waals surface area (Å²) in [7, 11) is 2.00. The van der Waals surface area contributed by atoms with Crippen molar-refractivity contribution >= 4 is 5.95 Å². The second-order valence-corrected chi connectivity index (χ2v) is 4.92. The van der Waals surface area contributed by atoms with Crippen LogP contribution in [0.1, 0.15) is 23.7 Å². The first kappa shape index (κ1) is 14.3. The van der Waals surface area contributed by atoms with Gasteiger partial charge in [0.1, 0.15) is 0 Å². The highest BCUT2D eigenvalue weighted by Gasteiger charge is 2.06. The highest BCUT2D eigenvalue weighted by molar-refractivity contribution is 5.25. The molecular weight excluding hydrogens is 252 g/mol. The average Bonchev–Trinajstić information content (AvgIpc) is 2.38. The highest BCUT2D eigenvalue weighted by atomic mass is 16.3. The zero-order valence-corrected chi connectivity index (χ0v) is 11.9. The fourth-order valence-electron chi connectivity index (χ4n) is 2.11. The monoisotopic (exact) mass is 272 g/mol. The number of benzene rings is 1. The van der Waals surface area contributed by atoms with Crippen molar-refractivity contribution in [1.29, 1.82) is 0 Å². The number of nitrogens with two attached hydrogens (primary N) is 1. The van der Waals surface area contributed by atoms with Crippen LogP contribution in [0.25, 0.3) is 0 Å². The van der Waals surface area contributed by atoms with Crippen molar-refractivity contribution in [3.63, 3.8) is 0 Å². The van der Waals surface area contributed by atoms with E-state index in [0.717, 1.165) is 13.0 Å². The molecule has 1 aromatic heterocycles. The Balaban J connectivity index is 1.98. The number of aryl methyl sites for hydroxylation is 1. The van der Waals surface area contributed by atoms with Crippen LogP contribution in [0, 0.1) is 0 Å². The van der Waals surface area contributed by atoms with Crippen molar-refractivity contribution in [2.75, 3.05) is 12.8 Å². The number of hydrogen-bond acceptors (Lipinski definition) is 5. The fraction of sp³-hybridized carbons (Fsp3) is 0.333. The van der Waals surface area contributed by atoms with Gasteiger partial charge in [0.25, 0.3) is 0 Å². The van der Waals surface area contributed by atoms with Gasteiger partial charge in [-0.25, -0.2) is 4.98 Å². The topological polar surface area (TPSA) is 75.3 Å². The molecule has 0 bridgehead atoms. The second kappa shape index (κ2) is 6.34. The van der Waals surface area contributed by atoms with Crippen molar-refractivity contribution < 1.29 is 5.11 Å². The van der Waals surface area contributed by atoms with Crippen LogP contribution >= 0.6 is 0 Å². The summed E-state index contributed by atoms with van der Waals surface area (Å²) in [4.78, 5) is 9.87. The standard InChI is InChI=1S/C15H20N4O/c1-3-11-4-6-12(7-5-11)9-19(2)10-13-8-14(20)18-15(16)17-13/h4-8H,3,9-10H2,1-2H3,(H3,16,17,18,20). The number of hydrogen-bond donors (Lipinski definition) is 2. The fourth-order valence-corrected chi connectivity index (χ4v) is 2.11. The number of anilines is 1. The van der Waals surface area contributed by atoms with Crippen molar-refractivity contribution in [3.05, 3.63) is 47.2 Å². The van der Waals surface area contributed by atoms with Crippen LogP contribution in [-0.2, 0) is 19.5 Å². The molecule has 0 atom stereocenters. The van der Waals surface area contributed by atoms with Gasteiger partial charge in [-0.2, -0.15) is 4.98 Å². The molecule has 0 aliphatic rings. The summed E-state index contributed by atoms with van der Waals surface area (Å²) in [5.41, 5.74) is 8.81. The largest absolute Gasteiger partial charge is 0.493 e. The summed E-state index contributed by atoms with van der Waals surface area (Å²) >= 11 is 0. The molecule has 0 aliphatic heterocycles. The van der Waals surface area contributed by atoms with Crippen molar-refractivity contribution in [3.8, 4) is 5.88 Å².